The van der Waals surface area contributed by atoms with Crippen molar-refractivity contribution in [3.8, 4) is 21.9 Å². The number of thiazole rings is 1. The number of thiophene rings is 1. The summed E-state index contributed by atoms with van der Waals surface area (Å²) in [5.74, 6) is -0.561. The van der Waals surface area contributed by atoms with Crippen molar-refractivity contribution in [2.45, 2.75) is 6.92 Å². The Morgan fingerprint density at radius 2 is 1.97 bits per heavy atom. The predicted octanol–water partition coefficient (Wildman–Crippen LogP) is 4.52. The van der Waals surface area contributed by atoms with E-state index in [-0.39, 0.29) is 10.8 Å². The molecule has 11 heteroatoms. The Morgan fingerprint density at radius 3 is 2.74 bits per heavy atom. The first-order valence-electron chi connectivity index (χ1n) is 8.91. The number of methoxy groups -OCH3 is 1. The Kier molecular flexibility index (Phi) is 4.65. The van der Waals surface area contributed by atoms with Crippen molar-refractivity contribution in [2.75, 3.05) is 7.11 Å². The number of aromatic nitrogens is 4. The number of hydrogen-bond acceptors (Lipinski definition) is 7. The zero-order valence-electron chi connectivity index (χ0n) is 16.0. The molecule has 4 heterocycles. The SMILES string of the molecule is COc1cc(-c2cc3[nH]c(=O)n(-c4cncc5nc(C)sc45)c(=O)c3s2)c(Cl)cc1F. The molecule has 5 aromatic rings. The zero-order chi connectivity index (χ0) is 21.9. The third-order valence-electron chi connectivity index (χ3n) is 4.71. The van der Waals surface area contributed by atoms with Crippen LogP contribution >= 0.6 is 34.3 Å². The Morgan fingerprint density at radius 1 is 1.16 bits per heavy atom. The lowest BCUT2D eigenvalue weighted by molar-refractivity contribution is 0.387. The van der Waals surface area contributed by atoms with Gasteiger partial charge >= 0.3 is 5.69 Å². The molecule has 31 heavy (non-hydrogen) atoms. The van der Waals surface area contributed by atoms with E-state index >= 15 is 0 Å². The molecule has 0 unspecified atom stereocenters. The van der Waals surface area contributed by atoms with Crippen LogP contribution in [0, 0.1) is 12.7 Å². The molecule has 0 aliphatic carbocycles. The van der Waals surface area contributed by atoms with Gasteiger partial charge in [0.2, 0.25) is 0 Å². The van der Waals surface area contributed by atoms with E-state index in [1.165, 1.54) is 30.7 Å². The number of aromatic amines is 1. The second kappa shape index (κ2) is 7.26. The summed E-state index contributed by atoms with van der Waals surface area (Å²) in [7, 11) is 1.35. The molecule has 4 aromatic heterocycles. The molecule has 0 aliphatic heterocycles. The first-order valence-corrected chi connectivity index (χ1v) is 10.9. The maximum atomic E-state index is 13.9. The largest absolute Gasteiger partial charge is 0.494 e. The molecule has 0 radical (unpaired) electrons. The first kappa shape index (κ1) is 19.9. The smallest absolute Gasteiger partial charge is 0.333 e. The summed E-state index contributed by atoms with van der Waals surface area (Å²) >= 11 is 8.75. The van der Waals surface area contributed by atoms with E-state index in [2.05, 4.69) is 15.0 Å². The van der Waals surface area contributed by atoms with Gasteiger partial charge in [-0.3, -0.25) is 9.78 Å². The average Bonchev–Trinajstić information content (AvgIpc) is 3.31. The number of fused-ring (bicyclic) bond motifs is 2. The summed E-state index contributed by atoms with van der Waals surface area (Å²) < 4.78 is 21.0. The minimum atomic E-state index is -0.593. The highest BCUT2D eigenvalue weighted by Gasteiger charge is 2.19. The molecular formula is C20H12ClFN4O3S2. The van der Waals surface area contributed by atoms with Crippen LogP contribution in [0.5, 0.6) is 5.75 Å². The number of halogens is 2. The Hall–Kier alpha value is -3.08. The van der Waals surface area contributed by atoms with Crippen LogP contribution in [0.15, 0.2) is 40.2 Å². The number of pyridine rings is 1. The van der Waals surface area contributed by atoms with Gasteiger partial charge in [0.25, 0.3) is 5.56 Å². The molecule has 156 valence electrons. The van der Waals surface area contributed by atoms with Gasteiger partial charge in [0.05, 0.1) is 45.4 Å². The van der Waals surface area contributed by atoms with E-state index in [9.17, 15) is 14.0 Å². The normalized spacial score (nSPS) is 11.5. The van der Waals surface area contributed by atoms with E-state index in [0.29, 0.717) is 36.6 Å². The highest BCUT2D eigenvalue weighted by molar-refractivity contribution is 7.22. The topological polar surface area (TPSA) is 89.9 Å². The molecule has 0 atom stereocenters. The number of H-pyrrole nitrogens is 1. The number of nitrogens with one attached hydrogen (secondary N) is 1. The van der Waals surface area contributed by atoms with Gasteiger partial charge < -0.3 is 9.72 Å². The van der Waals surface area contributed by atoms with Crippen molar-refractivity contribution in [2.24, 2.45) is 0 Å². The number of benzene rings is 1. The molecule has 0 saturated carbocycles. The quantitative estimate of drug-likeness (QED) is 0.415. The van der Waals surface area contributed by atoms with E-state index in [1.54, 1.807) is 12.3 Å². The van der Waals surface area contributed by atoms with Gasteiger partial charge in [-0.1, -0.05) is 11.6 Å². The molecular weight excluding hydrogens is 463 g/mol. The predicted molar refractivity (Wildman–Crippen MR) is 121 cm³/mol. The highest BCUT2D eigenvalue weighted by Crippen LogP contribution is 2.38. The lowest BCUT2D eigenvalue weighted by Crippen LogP contribution is -2.33. The summed E-state index contributed by atoms with van der Waals surface area (Å²) in [6.07, 6.45) is 3.06. The second-order valence-electron chi connectivity index (χ2n) is 6.63. The molecule has 1 aromatic carbocycles. The van der Waals surface area contributed by atoms with Gasteiger partial charge in [0, 0.05) is 10.4 Å². The lowest BCUT2D eigenvalue weighted by atomic mass is 10.1. The first-order chi connectivity index (χ1) is 14.9. The third-order valence-corrected chi connectivity index (χ3v) is 7.19. The number of hydrogen-bond donors (Lipinski definition) is 1. The van der Waals surface area contributed by atoms with Crippen molar-refractivity contribution in [3.05, 3.63) is 67.3 Å². The second-order valence-corrected chi connectivity index (χ2v) is 9.29. The van der Waals surface area contributed by atoms with Gasteiger partial charge in [0.15, 0.2) is 11.6 Å². The minimum Gasteiger partial charge on any atom is -0.494 e. The van der Waals surface area contributed by atoms with Crippen LogP contribution in [0.4, 0.5) is 4.39 Å². The minimum absolute atomic E-state index is 0.0288. The fourth-order valence-electron chi connectivity index (χ4n) is 3.34. The van der Waals surface area contributed by atoms with Crippen molar-refractivity contribution in [1.82, 2.24) is 19.5 Å². The van der Waals surface area contributed by atoms with Crippen LogP contribution < -0.4 is 16.0 Å². The standard InChI is InChI=1S/C20H12ClFN4O3S2/c1-8-24-13-6-23-7-14(17(13)30-8)26-19(27)18-12(25-20(26)28)5-16(31-18)9-3-15(29-2)11(22)4-10(9)21/h3-7H,1-2H3,(H,25,28). The monoisotopic (exact) mass is 474 g/mol. The summed E-state index contributed by atoms with van der Waals surface area (Å²) in [6.45, 7) is 1.84. The zero-order valence-corrected chi connectivity index (χ0v) is 18.4. The Labute approximate surface area is 186 Å². The van der Waals surface area contributed by atoms with Crippen LogP contribution in [0.3, 0.4) is 0 Å². The fraction of sp³-hybridized carbons (Fsp3) is 0.100. The van der Waals surface area contributed by atoms with Crippen LogP contribution in [-0.4, -0.2) is 26.6 Å². The number of rotatable bonds is 3. The molecule has 0 saturated heterocycles. The molecule has 0 aliphatic rings. The van der Waals surface area contributed by atoms with Crippen LogP contribution in [0.1, 0.15) is 5.01 Å². The number of aryl methyl sites for hydroxylation is 1. The maximum Gasteiger partial charge on any atom is 0.333 e. The average molecular weight is 475 g/mol. The van der Waals surface area contributed by atoms with E-state index in [1.807, 2.05) is 6.92 Å². The summed E-state index contributed by atoms with van der Waals surface area (Å²) in [6, 6.07) is 4.25. The van der Waals surface area contributed by atoms with Crippen LogP contribution in [-0.2, 0) is 0 Å². The van der Waals surface area contributed by atoms with Crippen molar-refractivity contribution in [3.63, 3.8) is 0 Å². The fourth-order valence-corrected chi connectivity index (χ4v) is 5.62. The van der Waals surface area contributed by atoms with Gasteiger partial charge in [-0.15, -0.1) is 22.7 Å². The number of nitrogens with zero attached hydrogens (tertiary/aromatic N) is 3. The van der Waals surface area contributed by atoms with Crippen LogP contribution in [0.2, 0.25) is 5.02 Å². The molecule has 5 rings (SSSR count). The van der Waals surface area contributed by atoms with Gasteiger partial charge in [-0.25, -0.2) is 18.7 Å². The Balaban J connectivity index is 1.76. The molecule has 0 spiro atoms. The molecule has 0 fully saturated rings. The molecule has 0 amide bonds. The Bertz CT molecular complexity index is 1620. The summed E-state index contributed by atoms with van der Waals surface area (Å²) in [5.41, 5.74) is 0.766. The van der Waals surface area contributed by atoms with Crippen molar-refractivity contribution in [1.29, 1.82) is 0 Å². The van der Waals surface area contributed by atoms with Gasteiger partial charge in [0.1, 0.15) is 10.2 Å². The van der Waals surface area contributed by atoms with Gasteiger partial charge in [-0.05, 0) is 25.1 Å². The molecule has 7 nitrogen and oxygen atoms in total. The summed E-state index contributed by atoms with van der Waals surface area (Å²) in [5, 5.41) is 0.967. The molecule has 0 bridgehead atoms. The van der Waals surface area contributed by atoms with Crippen molar-refractivity contribution < 1.29 is 9.13 Å². The van der Waals surface area contributed by atoms with Crippen molar-refractivity contribution >= 4 is 54.7 Å². The third kappa shape index (κ3) is 3.14. The molecule has 1 N–H and O–H groups in total. The van der Waals surface area contributed by atoms with E-state index in [0.717, 1.165) is 27.0 Å². The van der Waals surface area contributed by atoms with E-state index in [4.69, 9.17) is 16.3 Å². The van der Waals surface area contributed by atoms with Gasteiger partial charge in [-0.2, -0.15) is 0 Å². The maximum absolute atomic E-state index is 13.9. The summed E-state index contributed by atoms with van der Waals surface area (Å²) in [4.78, 5) is 38.0. The number of ether oxygens (including phenoxy) is 1. The van der Waals surface area contributed by atoms with E-state index < -0.39 is 17.1 Å². The lowest BCUT2D eigenvalue weighted by Gasteiger charge is -2.06. The highest BCUT2D eigenvalue weighted by atomic mass is 35.5. The van der Waals surface area contributed by atoms with Crippen LogP contribution in [0.25, 0.3) is 36.6 Å².